The fraction of sp³-hybridized carbons (Fsp3) is 1.00. The smallest absolute Gasteiger partial charge is 0.0540 e. The number of hydrogen-bond acceptors (Lipinski definition) is 3. The second kappa shape index (κ2) is 50.6. The van der Waals surface area contributed by atoms with Gasteiger partial charge < -0.3 is 9.47 Å². The maximum absolute atomic E-state index is 4.90. The van der Waals surface area contributed by atoms with Gasteiger partial charge >= 0.3 is 0 Å². The van der Waals surface area contributed by atoms with Gasteiger partial charge in [-0.1, -0.05) is 49.0 Å². The SMILES string of the molecule is C.C.CCC.CCC(C)OC.CCCSC.CCOC. The summed E-state index contributed by atoms with van der Waals surface area (Å²) in [6.45, 7) is 13.4. The highest BCUT2D eigenvalue weighted by atomic mass is 32.2. The summed E-state index contributed by atoms with van der Waals surface area (Å²) >= 11 is 1.90. The molecule has 0 radical (unpaired) electrons. The van der Waals surface area contributed by atoms with Crippen molar-refractivity contribution in [3.05, 3.63) is 0 Å². The van der Waals surface area contributed by atoms with Crippen LogP contribution in [0, 0.1) is 0 Å². The second-order valence-electron chi connectivity index (χ2n) is 3.73. The molecule has 0 bridgehead atoms. The minimum absolute atomic E-state index is 0. The highest BCUT2D eigenvalue weighted by Gasteiger charge is 1.88. The summed E-state index contributed by atoms with van der Waals surface area (Å²) in [5.74, 6) is 1.31. The molecule has 0 rings (SSSR count). The van der Waals surface area contributed by atoms with E-state index < -0.39 is 0 Å². The monoisotopic (exact) mass is 314 g/mol. The van der Waals surface area contributed by atoms with Gasteiger partial charge in [-0.15, -0.1) is 0 Å². The molecule has 0 heterocycles. The van der Waals surface area contributed by atoms with Crippen LogP contribution in [-0.2, 0) is 9.47 Å². The van der Waals surface area contributed by atoms with Crippen molar-refractivity contribution in [3.63, 3.8) is 0 Å². The van der Waals surface area contributed by atoms with Crippen molar-refractivity contribution >= 4 is 11.8 Å². The van der Waals surface area contributed by atoms with Crippen LogP contribution in [0.2, 0.25) is 0 Å². The summed E-state index contributed by atoms with van der Waals surface area (Å²) < 4.78 is 9.44. The summed E-state index contributed by atoms with van der Waals surface area (Å²) in [4.78, 5) is 0. The van der Waals surface area contributed by atoms with E-state index in [1.807, 2.05) is 18.7 Å². The summed E-state index contributed by atoms with van der Waals surface area (Å²) in [5, 5.41) is 0. The maximum atomic E-state index is 4.90. The Labute approximate surface area is 136 Å². The molecule has 20 heavy (non-hydrogen) atoms. The fourth-order valence-corrected chi connectivity index (χ4v) is 0.779. The van der Waals surface area contributed by atoms with E-state index in [2.05, 4.69) is 45.6 Å². The van der Waals surface area contributed by atoms with Crippen LogP contribution >= 0.6 is 11.8 Å². The molecule has 0 amide bonds. The van der Waals surface area contributed by atoms with Crippen molar-refractivity contribution in [1.29, 1.82) is 0 Å². The zero-order valence-corrected chi connectivity index (χ0v) is 15.2. The van der Waals surface area contributed by atoms with Gasteiger partial charge in [0.1, 0.15) is 0 Å². The molecule has 0 spiro atoms. The Kier molecular flexibility index (Phi) is 93.6. The molecule has 0 N–H and O–H groups in total. The van der Waals surface area contributed by atoms with Crippen molar-refractivity contribution in [2.24, 2.45) is 0 Å². The third-order valence-corrected chi connectivity index (χ3v) is 2.49. The lowest BCUT2D eigenvalue weighted by atomic mass is 10.3. The minimum atomic E-state index is 0. The van der Waals surface area contributed by atoms with Gasteiger partial charge in [-0.25, -0.2) is 0 Å². The molecule has 0 aliphatic heterocycles. The van der Waals surface area contributed by atoms with Crippen molar-refractivity contribution < 1.29 is 9.47 Å². The molecule has 0 aliphatic rings. The molecule has 0 aromatic carbocycles. The zero-order valence-electron chi connectivity index (χ0n) is 14.3. The number of hydrogen-bond donors (Lipinski definition) is 0. The third-order valence-electron chi connectivity index (χ3n) is 1.67. The van der Waals surface area contributed by atoms with Crippen LogP contribution in [0.3, 0.4) is 0 Å². The summed E-state index contributed by atoms with van der Waals surface area (Å²) in [6, 6.07) is 0. The van der Waals surface area contributed by atoms with Gasteiger partial charge in [-0.05, 0) is 38.7 Å². The highest BCUT2D eigenvalue weighted by molar-refractivity contribution is 7.98. The molecule has 0 saturated carbocycles. The lowest BCUT2D eigenvalue weighted by Crippen LogP contribution is -2.00. The molecular formula is C17H46O2S. The molecule has 0 saturated heterocycles. The van der Waals surface area contributed by atoms with Crippen molar-refractivity contribution in [2.45, 2.75) is 81.8 Å². The molecule has 2 nitrogen and oxygen atoms in total. The summed E-state index contributed by atoms with van der Waals surface area (Å²) in [6.07, 6.45) is 6.23. The topological polar surface area (TPSA) is 18.5 Å². The molecule has 0 aromatic heterocycles. The second-order valence-corrected chi connectivity index (χ2v) is 4.72. The first-order chi connectivity index (χ1) is 8.55. The average molecular weight is 315 g/mol. The van der Waals surface area contributed by atoms with Gasteiger partial charge in [-0.2, -0.15) is 11.8 Å². The van der Waals surface area contributed by atoms with Gasteiger partial charge in [0.25, 0.3) is 0 Å². The van der Waals surface area contributed by atoms with Gasteiger partial charge in [0.2, 0.25) is 0 Å². The number of thioether (sulfide) groups is 1. The van der Waals surface area contributed by atoms with E-state index in [4.69, 9.17) is 4.74 Å². The standard InChI is InChI=1S/C5H12O.C4H10S.C3H8O.C3H8.2CH4/c1-4-5(2)6-3;1-3-4-5-2;1-3-4-2;1-3-2;;/h5H,4H2,1-3H3;3-4H2,1-2H3;3H2,1-2H3;3H2,1-2H3;2*1H4. The maximum Gasteiger partial charge on any atom is 0.0540 e. The zero-order chi connectivity index (χ0) is 15.2. The molecule has 1 atom stereocenters. The van der Waals surface area contributed by atoms with E-state index in [0.29, 0.717) is 6.10 Å². The molecular weight excluding hydrogens is 268 g/mol. The van der Waals surface area contributed by atoms with Crippen LogP contribution in [0.1, 0.15) is 75.7 Å². The number of ether oxygens (including phenoxy) is 2. The minimum Gasteiger partial charge on any atom is -0.385 e. The number of rotatable bonds is 5. The lowest BCUT2D eigenvalue weighted by Gasteiger charge is -2.01. The van der Waals surface area contributed by atoms with Crippen molar-refractivity contribution in [3.8, 4) is 0 Å². The first-order valence-corrected chi connectivity index (χ1v) is 8.45. The third kappa shape index (κ3) is 103. The lowest BCUT2D eigenvalue weighted by molar-refractivity contribution is 0.115. The van der Waals surface area contributed by atoms with Gasteiger partial charge in [0.15, 0.2) is 0 Å². The quantitative estimate of drug-likeness (QED) is 0.574. The van der Waals surface area contributed by atoms with Crippen molar-refractivity contribution in [2.75, 3.05) is 32.8 Å². The Morgan fingerprint density at radius 1 is 0.950 bits per heavy atom. The molecule has 1 unspecified atom stereocenters. The van der Waals surface area contributed by atoms with E-state index >= 15 is 0 Å². The summed E-state index contributed by atoms with van der Waals surface area (Å²) in [5.41, 5.74) is 0. The van der Waals surface area contributed by atoms with E-state index in [1.54, 1.807) is 14.2 Å². The van der Waals surface area contributed by atoms with E-state index in [0.717, 1.165) is 13.0 Å². The Morgan fingerprint density at radius 2 is 1.30 bits per heavy atom. The Bertz CT molecular complexity index is 83.1. The average Bonchev–Trinajstić information content (AvgIpc) is 2.40. The number of methoxy groups -OCH3 is 2. The Hall–Kier alpha value is 0.270. The normalized spacial score (nSPS) is 8.85. The Balaban J connectivity index is -0.0000000325. The van der Waals surface area contributed by atoms with Crippen LogP contribution in [0.4, 0.5) is 0 Å². The van der Waals surface area contributed by atoms with Crippen LogP contribution < -0.4 is 0 Å². The molecule has 0 fully saturated rings. The highest BCUT2D eigenvalue weighted by Crippen LogP contribution is 1.91. The fourth-order valence-electron chi connectivity index (χ4n) is 0.371. The van der Waals surface area contributed by atoms with Crippen molar-refractivity contribution in [1.82, 2.24) is 0 Å². The van der Waals surface area contributed by atoms with E-state index in [9.17, 15) is 0 Å². The van der Waals surface area contributed by atoms with Gasteiger partial charge in [-0.3, -0.25) is 0 Å². The molecule has 0 aliphatic carbocycles. The van der Waals surface area contributed by atoms with Gasteiger partial charge in [0, 0.05) is 20.8 Å². The van der Waals surface area contributed by atoms with Gasteiger partial charge in [0.05, 0.1) is 6.10 Å². The predicted octanol–water partition coefficient (Wildman–Crippen LogP) is 6.53. The Morgan fingerprint density at radius 3 is 1.30 bits per heavy atom. The summed E-state index contributed by atoms with van der Waals surface area (Å²) in [7, 11) is 3.41. The molecule has 0 aromatic rings. The molecule has 3 heteroatoms. The first-order valence-electron chi connectivity index (χ1n) is 7.06. The largest absolute Gasteiger partial charge is 0.385 e. The van der Waals surface area contributed by atoms with Crippen LogP contribution in [0.25, 0.3) is 0 Å². The molecule has 132 valence electrons. The van der Waals surface area contributed by atoms with E-state index in [1.165, 1.54) is 18.6 Å². The van der Waals surface area contributed by atoms with Crippen LogP contribution in [0.15, 0.2) is 0 Å². The van der Waals surface area contributed by atoms with Crippen LogP contribution in [-0.4, -0.2) is 38.9 Å². The van der Waals surface area contributed by atoms with Crippen LogP contribution in [0.5, 0.6) is 0 Å². The predicted molar refractivity (Wildman–Crippen MR) is 102 cm³/mol. The first kappa shape index (κ1) is 37.0. The van der Waals surface area contributed by atoms with E-state index in [-0.39, 0.29) is 14.9 Å².